The lowest BCUT2D eigenvalue weighted by atomic mass is 9.91. The normalized spacial score (nSPS) is 17.6. The van der Waals surface area contributed by atoms with E-state index in [9.17, 15) is 9.59 Å². The number of hydrogen-bond acceptors (Lipinski definition) is 3. The van der Waals surface area contributed by atoms with Gasteiger partial charge in [-0.3, -0.25) is 9.59 Å². The summed E-state index contributed by atoms with van der Waals surface area (Å²) in [5.41, 5.74) is 0.430. The maximum absolute atomic E-state index is 12.1. The second kappa shape index (κ2) is 6.24. The van der Waals surface area contributed by atoms with Crippen LogP contribution in [0.2, 0.25) is 5.02 Å². The Kier molecular flexibility index (Phi) is 4.79. The van der Waals surface area contributed by atoms with Crippen molar-refractivity contribution < 1.29 is 9.59 Å². The Morgan fingerprint density at radius 2 is 2.05 bits per heavy atom. The van der Waals surface area contributed by atoms with Crippen molar-refractivity contribution in [2.45, 2.75) is 27.3 Å². The molecule has 1 saturated heterocycles. The third-order valence-electron chi connectivity index (χ3n) is 3.19. The molecule has 0 bridgehead atoms. The number of ketones is 1. The first-order chi connectivity index (χ1) is 9.79. The molecular formula is C16H18ClNO2S. The first-order valence-corrected chi connectivity index (χ1v) is 8.08. The zero-order valence-corrected chi connectivity index (χ0v) is 13.9. The number of rotatable bonds is 3. The first kappa shape index (κ1) is 16.1. The Morgan fingerprint density at radius 3 is 2.67 bits per heavy atom. The predicted molar refractivity (Wildman–Crippen MR) is 87.0 cm³/mol. The molecule has 0 radical (unpaired) electrons. The highest BCUT2D eigenvalue weighted by Crippen LogP contribution is 2.32. The summed E-state index contributed by atoms with van der Waals surface area (Å²) in [6, 6.07) is 7.43. The fourth-order valence-corrected chi connectivity index (χ4v) is 2.96. The molecule has 1 fully saturated rings. The van der Waals surface area contributed by atoms with Crippen LogP contribution in [0.5, 0.6) is 0 Å². The number of carbonyl (C=O) groups is 2. The van der Waals surface area contributed by atoms with E-state index in [1.54, 1.807) is 17.0 Å². The van der Waals surface area contributed by atoms with Gasteiger partial charge in [0.15, 0.2) is 5.78 Å². The highest BCUT2D eigenvalue weighted by atomic mass is 35.5. The van der Waals surface area contributed by atoms with E-state index in [1.165, 1.54) is 11.8 Å². The lowest BCUT2D eigenvalue weighted by Gasteiger charge is -2.20. The maximum atomic E-state index is 12.1. The molecular weight excluding hydrogens is 306 g/mol. The van der Waals surface area contributed by atoms with Crippen molar-refractivity contribution in [2.75, 3.05) is 5.75 Å². The highest BCUT2D eigenvalue weighted by molar-refractivity contribution is 8.04. The van der Waals surface area contributed by atoms with E-state index in [0.29, 0.717) is 22.3 Å². The number of allylic oxidation sites excluding steroid dienone is 1. The number of thioether (sulfide) groups is 1. The predicted octanol–water partition coefficient (Wildman–Crippen LogP) is 3.87. The molecule has 3 nitrogen and oxygen atoms in total. The first-order valence-electron chi connectivity index (χ1n) is 6.72. The topological polar surface area (TPSA) is 37.4 Å². The molecule has 1 aromatic carbocycles. The van der Waals surface area contributed by atoms with Gasteiger partial charge >= 0.3 is 0 Å². The lowest BCUT2D eigenvalue weighted by molar-refractivity contribution is -0.125. The summed E-state index contributed by atoms with van der Waals surface area (Å²) in [5, 5.41) is 1.34. The summed E-state index contributed by atoms with van der Waals surface area (Å²) < 4.78 is 0. The number of hydrogen-bond donors (Lipinski definition) is 0. The summed E-state index contributed by atoms with van der Waals surface area (Å²) in [5.74, 6) is 0.394. The van der Waals surface area contributed by atoms with E-state index in [1.807, 2.05) is 39.0 Å². The summed E-state index contributed by atoms with van der Waals surface area (Å²) in [6.45, 7) is 6.00. The molecule has 0 unspecified atom stereocenters. The molecule has 0 atom stereocenters. The van der Waals surface area contributed by atoms with Crippen molar-refractivity contribution >= 4 is 35.1 Å². The zero-order valence-electron chi connectivity index (χ0n) is 12.4. The minimum absolute atomic E-state index is 0.00730. The highest BCUT2D eigenvalue weighted by Gasteiger charge is 2.29. The van der Waals surface area contributed by atoms with Crippen molar-refractivity contribution in [3.8, 4) is 0 Å². The van der Waals surface area contributed by atoms with Gasteiger partial charge in [-0.2, -0.15) is 0 Å². The standard InChI is InChI=1S/C16H18ClNO2S/c1-16(2,3)13(19)8-15-18(14(20)10-21-15)9-11-6-4-5-7-12(11)17/h4-8H,9-10H2,1-3H3/b15-8-. The molecule has 0 aliphatic carbocycles. The van der Waals surface area contributed by atoms with Crippen molar-refractivity contribution in [2.24, 2.45) is 5.41 Å². The summed E-state index contributed by atoms with van der Waals surface area (Å²) >= 11 is 7.55. The number of nitrogens with zero attached hydrogens (tertiary/aromatic N) is 1. The maximum Gasteiger partial charge on any atom is 0.238 e. The van der Waals surface area contributed by atoms with Gasteiger partial charge in [-0.25, -0.2) is 0 Å². The van der Waals surface area contributed by atoms with Crippen LogP contribution in [0.15, 0.2) is 35.4 Å². The Hall–Kier alpha value is -1.26. The van der Waals surface area contributed by atoms with Gasteiger partial charge in [-0.05, 0) is 11.6 Å². The monoisotopic (exact) mass is 323 g/mol. The minimum atomic E-state index is -0.449. The smallest absolute Gasteiger partial charge is 0.238 e. The van der Waals surface area contributed by atoms with Gasteiger partial charge in [0.2, 0.25) is 5.91 Å². The van der Waals surface area contributed by atoms with Gasteiger partial charge in [-0.15, -0.1) is 0 Å². The zero-order chi connectivity index (χ0) is 15.6. The third kappa shape index (κ3) is 3.89. The number of benzene rings is 1. The van der Waals surface area contributed by atoms with Crippen LogP contribution in [0.1, 0.15) is 26.3 Å². The van der Waals surface area contributed by atoms with Crippen LogP contribution in [0.3, 0.4) is 0 Å². The Balaban J connectivity index is 2.24. The molecule has 2 rings (SSSR count). The van der Waals surface area contributed by atoms with E-state index in [4.69, 9.17) is 11.6 Å². The largest absolute Gasteiger partial charge is 0.301 e. The molecule has 0 N–H and O–H groups in total. The van der Waals surface area contributed by atoms with Crippen molar-refractivity contribution in [3.05, 3.63) is 46.0 Å². The van der Waals surface area contributed by atoms with E-state index < -0.39 is 5.41 Å². The van der Waals surface area contributed by atoms with Gasteiger partial charge in [0, 0.05) is 16.5 Å². The van der Waals surface area contributed by atoms with Gasteiger partial charge < -0.3 is 4.90 Å². The van der Waals surface area contributed by atoms with E-state index >= 15 is 0 Å². The van der Waals surface area contributed by atoms with E-state index in [0.717, 1.165) is 5.56 Å². The molecule has 1 aromatic rings. The van der Waals surface area contributed by atoms with Gasteiger partial charge in [-0.1, -0.05) is 62.3 Å². The summed E-state index contributed by atoms with van der Waals surface area (Å²) in [4.78, 5) is 25.8. The van der Waals surface area contributed by atoms with Crippen molar-refractivity contribution in [3.63, 3.8) is 0 Å². The molecule has 0 saturated carbocycles. The molecule has 1 aliphatic heterocycles. The average molecular weight is 324 g/mol. The fourth-order valence-electron chi connectivity index (χ4n) is 1.83. The number of carbonyl (C=O) groups excluding carboxylic acids is 2. The SMILES string of the molecule is CC(C)(C)C(=O)/C=C1\SCC(=O)N1Cc1ccccc1Cl. The molecule has 1 heterocycles. The van der Waals surface area contributed by atoms with Crippen molar-refractivity contribution in [1.29, 1.82) is 0 Å². The van der Waals surface area contributed by atoms with Crippen LogP contribution in [-0.4, -0.2) is 22.3 Å². The third-order valence-corrected chi connectivity index (χ3v) is 4.58. The molecule has 1 aliphatic rings. The lowest BCUT2D eigenvalue weighted by Crippen LogP contribution is -2.26. The average Bonchev–Trinajstić information content (AvgIpc) is 2.73. The fraction of sp³-hybridized carbons (Fsp3) is 0.375. The molecule has 0 aromatic heterocycles. The quantitative estimate of drug-likeness (QED) is 0.792. The molecule has 112 valence electrons. The van der Waals surface area contributed by atoms with Crippen molar-refractivity contribution in [1.82, 2.24) is 4.90 Å². The van der Waals surface area contributed by atoms with E-state index in [-0.39, 0.29) is 11.7 Å². The Labute approximate surface area is 134 Å². The van der Waals surface area contributed by atoms with Gasteiger partial charge in [0.25, 0.3) is 0 Å². The summed E-state index contributed by atoms with van der Waals surface area (Å²) in [7, 11) is 0. The molecule has 21 heavy (non-hydrogen) atoms. The van der Waals surface area contributed by atoms with Gasteiger partial charge in [0.1, 0.15) is 0 Å². The minimum Gasteiger partial charge on any atom is -0.301 e. The van der Waals surface area contributed by atoms with Crippen LogP contribution in [0.4, 0.5) is 0 Å². The van der Waals surface area contributed by atoms with Crippen LogP contribution < -0.4 is 0 Å². The second-order valence-corrected chi connectivity index (χ2v) is 7.36. The van der Waals surface area contributed by atoms with Gasteiger partial charge in [0.05, 0.1) is 17.3 Å². The van der Waals surface area contributed by atoms with E-state index in [2.05, 4.69) is 0 Å². The molecule has 0 spiro atoms. The summed E-state index contributed by atoms with van der Waals surface area (Å²) in [6.07, 6.45) is 1.58. The van der Waals surface area contributed by atoms with Crippen LogP contribution in [0.25, 0.3) is 0 Å². The van der Waals surface area contributed by atoms with Crippen LogP contribution >= 0.6 is 23.4 Å². The van der Waals surface area contributed by atoms with Crippen LogP contribution in [0, 0.1) is 5.41 Å². The Bertz CT molecular complexity index is 605. The second-order valence-electron chi connectivity index (χ2n) is 5.96. The van der Waals surface area contributed by atoms with Crippen LogP contribution in [-0.2, 0) is 16.1 Å². The number of halogens is 1. The molecule has 1 amide bonds. The molecule has 5 heteroatoms. The number of amides is 1. The Morgan fingerprint density at radius 1 is 1.38 bits per heavy atom.